The summed E-state index contributed by atoms with van der Waals surface area (Å²) in [4.78, 5) is 38.9. The van der Waals surface area contributed by atoms with E-state index in [0.717, 1.165) is 38.3 Å². The van der Waals surface area contributed by atoms with Crippen LogP contribution in [0.3, 0.4) is 0 Å². The second-order valence-electron chi connectivity index (χ2n) is 6.82. The molecule has 3 aromatic carbocycles. The summed E-state index contributed by atoms with van der Waals surface area (Å²) in [7, 11) is 0. The van der Waals surface area contributed by atoms with E-state index in [-0.39, 0.29) is 11.4 Å². The predicted octanol–water partition coefficient (Wildman–Crippen LogP) is 5.59. The summed E-state index contributed by atoms with van der Waals surface area (Å²) in [6, 6.07) is 14.4. The Labute approximate surface area is 194 Å². The Hall–Kier alpha value is -3.83. The molecule has 4 aromatic rings. The van der Waals surface area contributed by atoms with Crippen LogP contribution in [0.1, 0.15) is 26.3 Å². The smallest absolute Gasteiger partial charge is 0.336 e. The highest BCUT2D eigenvalue weighted by molar-refractivity contribution is 8.00. The molecule has 33 heavy (non-hydrogen) atoms. The average molecular weight is 484 g/mol. The van der Waals surface area contributed by atoms with Crippen molar-refractivity contribution in [1.29, 1.82) is 0 Å². The zero-order valence-corrected chi connectivity index (χ0v) is 18.3. The van der Waals surface area contributed by atoms with Crippen molar-refractivity contribution in [3.05, 3.63) is 93.3 Å². The Morgan fingerprint density at radius 2 is 1.85 bits per heavy atom. The van der Waals surface area contributed by atoms with Crippen LogP contribution >= 0.6 is 23.1 Å². The SMILES string of the molecule is O=C(O)c1cc([N+](=O)[O-])ccc1C(=O)Nc1ccc2nc(SCc3ccc(F)cc3)sc2c1. The van der Waals surface area contributed by atoms with Gasteiger partial charge in [0, 0.05) is 23.6 Å². The summed E-state index contributed by atoms with van der Waals surface area (Å²) < 4.78 is 14.7. The number of nitrogens with one attached hydrogen (secondary N) is 1. The predicted molar refractivity (Wildman–Crippen MR) is 124 cm³/mol. The molecule has 0 saturated heterocycles. The second kappa shape index (κ2) is 9.35. The Bertz CT molecular complexity index is 1390. The molecule has 0 saturated carbocycles. The van der Waals surface area contributed by atoms with Crippen LogP contribution in [-0.2, 0) is 5.75 Å². The molecule has 1 heterocycles. The number of rotatable bonds is 7. The van der Waals surface area contributed by atoms with Gasteiger partial charge in [0.15, 0.2) is 4.34 Å². The fraction of sp³-hybridized carbons (Fsp3) is 0.0455. The Kier molecular flexibility index (Phi) is 6.33. The number of aromatic carboxylic acids is 1. The first-order chi connectivity index (χ1) is 15.8. The molecule has 0 unspecified atom stereocenters. The molecule has 0 spiro atoms. The number of hydrogen-bond donors (Lipinski definition) is 2. The molecule has 8 nitrogen and oxygen atoms in total. The Morgan fingerprint density at radius 3 is 2.55 bits per heavy atom. The van der Waals surface area contributed by atoms with Gasteiger partial charge < -0.3 is 10.4 Å². The van der Waals surface area contributed by atoms with Gasteiger partial charge in [-0.1, -0.05) is 23.9 Å². The molecule has 11 heteroatoms. The second-order valence-corrected chi connectivity index (χ2v) is 9.08. The highest BCUT2D eigenvalue weighted by atomic mass is 32.2. The summed E-state index contributed by atoms with van der Waals surface area (Å²) in [6.07, 6.45) is 0. The minimum Gasteiger partial charge on any atom is -0.478 e. The number of halogens is 1. The molecule has 0 aliphatic rings. The van der Waals surface area contributed by atoms with E-state index >= 15 is 0 Å². The number of nitro benzene ring substituents is 1. The van der Waals surface area contributed by atoms with Crippen molar-refractivity contribution < 1.29 is 24.0 Å². The highest BCUT2D eigenvalue weighted by Gasteiger charge is 2.21. The van der Waals surface area contributed by atoms with Gasteiger partial charge in [-0.25, -0.2) is 14.2 Å². The van der Waals surface area contributed by atoms with Gasteiger partial charge in [-0.2, -0.15) is 0 Å². The molecule has 1 amide bonds. The minimum atomic E-state index is -1.44. The molecule has 0 aliphatic carbocycles. The van der Waals surface area contributed by atoms with E-state index < -0.39 is 28.1 Å². The van der Waals surface area contributed by atoms with E-state index in [0.29, 0.717) is 11.4 Å². The largest absolute Gasteiger partial charge is 0.478 e. The zero-order valence-electron chi connectivity index (χ0n) is 16.6. The Balaban J connectivity index is 1.51. The van der Waals surface area contributed by atoms with Crippen molar-refractivity contribution >= 4 is 56.6 Å². The molecular weight excluding hydrogens is 469 g/mol. The van der Waals surface area contributed by atoms with Crippen LogP contribution in [0, 0.1) is 15.9 Å². The number of carboxylic acids is 1. The van der Waals surface area contributed by atoms with Gasteiger partial charge in [0.2, 0.25) is 0 Å². The number of nitrogens with zero attached hydrogens (tertiary/aromatic N) is 2. The fourth-order valence-corrected chi connectivity index (χ4v) is 5.05. The third-order valence-electron chi connectivity index (χ3n) is 4.59. The fourth-order valence-electron chi connectivity index (χ4n) is 2.99. The quantitative estimate of drug-likeness (QED) is 0.200. The normalized spacial score (nSPS) is 10.8. The number of thiazole rings is 1. The van der Waals surface area contributed by atoms with Gasteiger partial charge in [0.05, 0.1) is 26.3 Å². The molecule has 0 aliphatic heterocycles. The first kappa shape index (κ1) is 22.4. The number of benzene rings is 3. The van der Waals surface area contributed by atoms with Crippen molar-refractivity contribution in [3.63, 3.8) is 0 Å². The van der Waals surface area contributed by atoms with Crippen LogP contribution in [0.4, 0.5) is 15.8 Å². The third-order valence-corrected chi connectivity index (χ3v) is 6.82. The van der Waals surface area contributed by atoms with E-state index in [9.17, 15) is 29.2 Å². The van der Waals surface area contributed by atoms with Crippen molar-refractivity contribution in [2.75, 3.05) is 5.32 Å². The van der Waals surface area contributed by atoms with Gasteiger partial charge in [-0.05, 0) is 42.0 Å². The maximum Gasteiger partial charge on any atom is 0.336 e. The first-order valence-corrected chi connectivity index (χ1v) is 11.2. The van der Waals surface area contributed by atoms with Crippen molar-refractivity contribution in [2.45, 2.75) is 10.1 Å². The van der Waals surface area contributed by atoms with Gasteiger partial charge in [0.1, 0.15) is 5.82 Å². The highest BCUT2D eigenvalue weighted by Crippen LogP contribution is 2.33. The van der Waals surface area contributed by atoms with Gasteiger partial charge in [0.25, 0.3) is 11.6 Å². The summed E-state index contributed by atoms with van der Waals surface area (Å²) >= 11 is 2.94. The lowest BCUT2D eigenvalue weighted by atomic mass is 10.1. The van der Waals surface area contributed by atoms with E-state index in [1.54, 1.807) is 30.3 Å². The van der Waals surface area contributed by atoms with Crippen LogP contribution in [0.2, 0.25) is 0 Å². The van der Waals surface area contributed by atoms with Gasteiger partial charge in [-0.15, -0.1) is 11.3 Å². The molecule has 166 valence electrons. The number of thioether (sulfide) groups is 1. The monoisotopic (exact) mass is 483 g/mol. The first-order valence-electron chi connectivity index (χ1n) is 9.41. The van der Waals surface area contributed by atoms with Crippen LogP contribution in [0.15, 0.2) is 65.0 Å². The van der Waals surface area contributed by atoms with E-state index in [2.05, 4.69) is 10.3 Å². The average Bonchev–Trinajstić information content (AvgIpc) is 3.20. The lowest BCUT2D eigenvalue weighted by molar-refractivity contribution is -0.384. The van der Waals surface area contributed by atoms with Gasteiger partial charge in [-0.3, -0.25) is 14.9 Å². The number of aromatic nitrogens is 1. The molecule has 0 bridgehead atoms. The summed E-state index contributed by atoms with van der Waals surface area (Å²) in [5.41, 5.74) is 1.07. The van der Waals surface area contributed by atoms with Gasteiger partial charge >= 0.3 is 5.97 Å². The molecule has 4 rings (SSSR count). The van der Waals surface area contributed by atoms with Crippen molar-refractivity contribution in [2.24, 2.45) is 0 Å². The molecule has 2 N–H and O–H groups in total. The maximum absolute atomic E-state index is 13.0. The third kappa shape index (κ3) is 5.16. The maximum atomic E-state index is 13.0. The number of anilines is 1. The number of carbonyl (C=O) groups is 2. The number of non-ortho nitro benzene ring substituents is 1. The lowest BCUT2D eigenvalue weighted by Gasteiger charge is -2.08. The van der Waals surface area contributed by atoms with E-state index in [1.807, 2.05) is 0 Å². The van der Waals surface area contributed by atoms with Crippen molar-refractivity contribution in [3.8, 4) is 0 Å². The lowest BCUT2D eigenvalue weighted by Crippen LogP contribution is -2.16. The van der Waals surface area contributed by atoms with Crippen LogP contribution < -0.4 is 5.32 Å². The standard InChI is InChI=1S/C22H14FN3O5S2/c23-13-3-1-12(2-4-13)11-32-22-25-18-8-5-14(9-19(18)33-22)24-20(27)16-7-6-15(26(30)31)10-17(16)21(28)29/h1-10H,11H2,(H,24,27)(H,28,29). The number of hydrogen-bond acceptors (Lipinski definition) is 7. The molecular formula is C22H14FN3O5S2. The van der Waals surface area contributed by atoms with Crippen LogP contribution in [0.5, 0.6) is 0 Å². The zero-order chi connectivity index (χ0) is 23.5. The number of amides is 1. The number of nitro groups is 1. The number of carboxylic acid groups (broad SMARTS) is 1. The van der Waals surface area contributed by atoms with Crippen LogP contribution in [-0.4, -0.2) is 26.9 Å². The van der Waals surface area contributed by atoms with E-state index in [1.165, 1.54) is 35.2 Å². The topological polar surface area (TPSA) is 122 Å². The summed E-state index contributed by atoms with van der Waals surface area (Å²) in [6.45, 7) is 0. The Morgan fingerprint density at radius 1 is 1.09 bits per heavy atom. The molecule has 0 radical (unpaired) electrons. The van der Waals surface area contributed by atoms with Crippen LogP contribution in [0.25, 0.3) is 10.2 Å². The van der Waals surface area contributed by atoms with E-state index in [4.69, 9.17) is 0 Å². The molecule has 1 aromatic heterocycles. The number of fused-ring (bicyclic) bond motifs is 1. The molecule has 0 fully saturated rings. The molecule has 0 atom stereocenters. The van der Waals surface area contributed by atoms with Crippen molar-refractivity contribution in [1.82, 2.24) is 4.98 Å². The summed E-state index contributed by atoms with van der Waals surface area (Å²) in [5, 5.41) is 22.9. The minimum absolute atomic E-state index is 0.187. The summed E-state index contributed by atoms with van der Waals surface area (Å²) in [5.74, 6) is -1.80. The number of carbonyl (C=O) groups excluding carboxylic acids is 1.